The number of allylic oxidation sites excluding steroid dienone is 2. The van der Waals surface area contributed by atoms with Gasteiger partial charge in [0.1, 0.15) is 9.64 Å². The molecule has 24 heavy (non-hydrogen) atoms. The van der Waals surface area contributed by atoms with E-state index in [2.05, 4.69) is 10.2 Å². The molecule has 0 saturated carbocycles. The van der Waals surface area contributed by atoms with Gasteiger partial charge in [0, 0.05) is 0 Å². The third-order valence-electron chi connectivity index (χ3n) is 3.47. The summed E-state index contributed by atoms with van der Waals surface area (Å²) in [6, 6.07) is 3.73. The molecule has 0 fully saturated rings. The highest BCUT2D eigenvalue weighted by molar-refractivity contribution is 7.87. The van der Waals surface area contributed by atoms with Crippen LogP contribution in [0.2, 0.25) is 0 Å². The summed E-state index contributed by atoms with van der Waals surface area (Å²) in [5.41, 5.74) is 5.81. The van der Waals surface area contributed by atoms with Crippen molar-refractivity contribution in [3.63, 3.8) is 0 Å². The molecule has 0 spiro atoms. The molecule has 1 aliphatic rings. The van der Waals surface area contributed by atoms with Crippen LogP contribution in [0.15, 0.2) is 57.2 Å². The molecule has 1 aliphatic carbocycles. The highest BCUT2D eigenvalue weighted by atomic mass is 32.2. The second-order valence-electron chi connectivity index (χ2n) is 5.35. The Labute approximate surface area is 139 Å². The minimum atomic E-state index is -4.48. The number of hydrogen-bond donors (Lipinski definition) is 3. The summed E-state index contributed by atoms with van der Waals surface area (Å²) in [5, 5.41) is 7.68. The van der Waals surface area contributed by atoms with Gasteiger partial charge in [-0.15, -0.1) is 0 Å². The molecule has 4 N–H and O–H groups in total. The monoisotopic (exact) mass is 373 g/mol. The van der Waals surface area contributed by atoms with Gasteiger partial charge in [-0.25, -0.2) is 0 Å². The van der Waals surface area contributed by atoms with Gasteiger partial charge in [0.2, 0.25) is 0 Å². The van der Waals surface area contributed by atoms with Crippen molar-refractivity contribution in [1.82, 2.24) is 0 Å². The van der Waals surface area contributed by atoms with Crippen LogP contribution in [0.25, 0.3) is 0 Å². The van der Waals surface area contributed by atoms with Crippen molar-refractivity contribution < 1.29 is 25.9 Å². The summed E-state index contributed by atoms with van der Waals surface area (Å²) < 4.78 is 61.7. The van der Waals surface area contributed by atoms with Crippen molar-refractivity contribution in [2.24, 2.45) is 10.2 Å². The maximum absolute atomic E-state index is 11.3. The van der Waals surface area contributed by atoms with Crippen LogP contribution in [0.5, 0.6) is 0 Å². The fourth-order valence-electron chi connectivity index (χ4n) is 1.89. The van der Waals surface area contributed by atoms with Crippen LogP contribution in [0.4, 0.5) is 11.4 Å². The van der Waals surface area contributed by atoms with Gasteiger partial charge in [0.05, 0.1) is 17.1 Å². The topological polar surface area (TPSA) is 159 Å². The summed E-state index contributed by atoms with van der Waals surface area (Å²) in [6.45, 7) is 1.36. The van der Waals surface area contributed by atoms with E-state index in [9.17, 15) is 21.4 Å². The largest absolute Gasteiger partial charge is 0.398 e. The predicted molar refractivity (Wildman–Crippen MR) is 87.0 cm³/mol. The highest BCUT2D eigenvalue weighted by Gasteiger charge is 2.35. The molecule has 0 radical (unpaired) electrons. The van der Waals surface area contributed by atoms with Crippen molar-refractivity contribution in [2.45, 2.75) is 23.0 Å². The quantitative estimate of drug-likeness (QED) is 0.414. The van der Waals surface area contributed by atoms with E-state index in [-0.39, 0.29) is 17.8 Å². The third-order valence-corrected chi connectivity index (χ3v) is 5.86. The second kappa shape index (κ2) is 6.09. The van der Waals surface area contributed by atoms with Crippen LogP contribution in [-0.2, 0) is 20.2 Å². The zero-order valence-corrected chi connectivity index (χ0v) is 14.1. The van der Waals surface area contributed by atoms with Gasteiger partial charge in [-0.3, -0.25) is 9.11 Å². The zero-order chi connectivity index (χ0) is 18.2. The lowest BCUT2D eigenvalue weighted by molar-refractivity contribution is 0.452. The number of hydrogen-bond acceptors (Lipinski definition) is 7. The Morgan fingerprint density at radius 3 is 2.33 bits per heavy atom. The maximum Gasteiger partial charge on any atom is 0.296 e. The molecule has 0 aromatic heterocycles. The second-order valence-corrected chi connectivity index (χ2v) is 8.62. The molecule has 0 saturated heterocycles. The van der Waals surface area contributed by atoms with E-state index in [0.717, 1.165) is 6.07 Å². The average Bonchev–Trinajstić information content (AvgIpc) is 2.46. The average molecular weight is 373 g/mol. The molecule has 1 aromatic carbocycles. The normalized spacial score (nSPS) is 21.9. The summed E-state index contributed by atoms with van der Waals surface area (Å²) in [6.07, 6.45) is 4.15. The SMILES string of the molecule is C[C@]1(S(=O)(=O)O)C=CC(/N=N/c2ccc(N)c(S(=O)(=O)O)c2)=CC1. The van der Waals surface area contributed by atoms with Gasteiger partial charge in [-0.2, -0.15) is 27.1 Å². The first kappa shape index (κ1) is 18.3. The zero-order valence-electron chi connectivity index (χ0n) is 12.5. The van der Waals surface area contributed by atoms with E-state index in [1.54, 1.807) is 0 Å². The number of anilines is 1. The molecular formula is C13H15N3O6S2. The van der Waals surface area contributed by atoms with Crippen LogP contribution in [0.3, 0.4) is 0 Å². The molecule has 0 bridgehead atoms. The van der Waals surface area contributed by atoms with Gasteiger partial charge in [0.15, 0.2) is 0 Å². The van der Waals surface area contributed by atoms with Gasteiger partial charge in [0.25, 0.3) is 20.2 Å². The van der Waals surface area contributed by atoms with E-state index in [0.29, 0.717) is 5.70 Å². The molecule has 0 aliphatic heterocycles. The number of benzene rings is 1. The summed E-state index contributed by atoms with van der Waals surface area (Å²) in [5.74, 6) is 0. The lowest BCUT2D eigenvalue weighted by Gasteiger charge is -2.23. The number of nitrogens with two attached hydrogens (primary N) is 1. The Hall–Kier alpha value is -2.08. The van der Waals surface area contributed by atoms with Crippen molar-refractivity contribution >= 4 is 31.6 Å². The van der Waals surface area contributed by atoms with Gasteiger partial charge in [-0.1, -0.05) is 12.2 Å². The van der Waals surface area contributed by atoms with Crippen LogP contribution < -0.4 is 5.73 Å². The number of nitrogen functional groups attached to an aromatic ring is 1. The van der Waals surface area contributed by atoms with Gasteiger partial charge in [-0.05, 0) is 37.6 Å². The Morgan fingerprint density at radius 1 is 1.17 bits per heavy atom. The van der Waals surface area contributed by atoms with Crippen molar-refractivity contribution in [3.05, 3.63) is 42.1 Å². The Bertz CT molecular complexity index is 963. The van der Waals surface area contributed by atoms with Gasteiger partial charge < -0.3 is 5.73 Å². The highest BCUT2D eigenvalue weighted by Crippen LogP contribution is 2.29. The molecular weight excluding hydrogens is 358 g/mol. The molecule has 11 heteroatoms. The first-order valence-corrected chi connectivity index (χ1v) is 9.46. The lowest BCUT2D eigenvalue weighted by atomic mass is 10.0. The van der Waals surface area contributed by atoms with Crippen LogP contribution in [0.1, 0.15) is 13.3 Å². The van der Waals surface area contributed by atoms with Crippen LogP contribution >= 0.6 is 0 Å². The molecule has 0 amide bonds. The van der Waals surface area contributed by atoms with Crippen LogP contribution in [0, 0.1) is 0 Å². The molecule has 9 nitrogen and oxygen atoms in total. The maximum atomic E-state index is 11.3. The lowest BCUT2D eigenvalue weighted by Crippen LogP contribution is -2.33. The Balaban J connectivity index is 2.24. The van der Waals surface area contributed by atoms with E-state index in [1.165, 1.54) is 37.3 Å². The van der Waals surface area contributed by atoms with Crippen molar-refractivity contribution in [1.29, 1.82) is 0 Å². The molecule has 1 atom stereocenters. The van der Waals surface area contributed by atoms with Crippen LogP contribution in [-0.4, -0.2) is 30.7 Å². The smallest absolute Gasteiger partial charge is 0.296 e. The Kier molecular flexibility index (Phi) is 4.63. The van der Waals surface area contributed by atoms with Crippen molar-refractivity contribution in [2.75, 3.05) is 5.73 Å². The minimum absolute atomic E-state index is 0.00862. The van der Waals surface area contributed by atoms with E-state index < -0.39 is 29.9 Å². The fourth-order valence-corrected chi connectivity index (χ4v) is 3.06. The summed E-state index contributed by atoms with van der Waals surface area (Å²) in [4.78, 5) is -0.480. The van der Waals surface area contributed by atoms with Crippen molar-refractivity contribution in [3.8, 4) is 0 Å². The molecule has 0 heterocycles. The molecule has 0 unspecified atom stereocenters. The summed E-state index contributed by atoms with van der Waals surface area (Å²) >= 11 is 0. The molecule has 130 valence electrons. The molecule has 2 rings (SSSR count). The van der Waals surface area contributed by atoms with Gasteiger partial charge >= 0.3 is 0 Å². The van der Waals surface area contributed by atoms with E-state index in [4.69, 9.17) is 10.3 Å². The minimum Gasteiger partial charge on any atom is -0.398 e. The number of rotatable bonds is 4. The number of nitrogens with zero attached hydrogens (tertiary/aromatic N) is 2. The van der Waals surface area contributed by atoms with E-state index >= 15 is 0 Å². The predicted octanol–water partition coefficient (Wildman–Crippen LogP) is 2.09. The first-order valence-electron chi connectivity index (χ1n) is 6.58. The third kappa shape index (κ3) is 3.87. The summed E-state index contributed by atoms with van der Waals surface area (Å²) in [7, 11) is -8.74. The number of azo groups is 1. The fraction of sp³-hybridized carbons (Fsp3) is 0.231. The first-order chi connectivity index (χ1) is 10.9. The van der Waals surface area contributed by atoms with E-state index in [1.807, 2.05) is 0 Å². The standard InChI is InChI=1S/C13H15N3O6S2/c1-13(24(20,21)22)6-4-9(5-7-13)15-16-10-2-3-11(14)12(8-10)23(17,18)19/h2-6,8H,7,14H2,1H3,(H,17,18,19)(H,20,21,22)/b16-15+/t13-/m0/s1. The Morgan fingerprint density at radius 2 is 1.83 bits per heavy atom. The molecule has 1 aromatic rings.